The van der Waals surface area contributed by atoms with Gasteiger partial charge < -0.3 is 23.9 Å². The molecule has 0 amide bonds. The number of fused-ring (bicyclic) bond motifs is 1. The Balaban J connectivity index is 1.66. The van der Waals surface area contributed by atoms with E-state index >= 15 is 0 Å². The van der Waals surface area contributed by atoms with Gasteiger partial charge in [-0.05, 0) is 42.5 Å². The Morgan fingerprint density at radius 3 is 2.72 bits per heavy atom. The molecular weight excluding hydrogens is 370 g/mol. The molecule has 0 saturated carbocycles. The molecule has 2 aromatic heterocycles. The van der Waals surface area contributed by atoms with Crippen LogP contribution in [0.25, 0.3) is 22.2 Å². The van der Waals surface area contributed by atoms with Crippen LogP contribution in [0, 0.1) is 0 Å². The van der Waals surface area contributed by atoms with Crippen LogP contribution in [0.4, 0.5) is 11.5 Å². The lowest BCUT2D eigenvalue weighted by Crippen LogP contribution is -2.04. The van der Waals surface area contributed by atoms with Gasteiger partial charge in [0.05, 0.1) is 31.2 Å². The Hall–Kier alpha value is -3.58. The first kappa shape index (κ1) is 18.8. The minimum absolute atomic E-state index is 0.481. The lowest BCUT2D eigenvalue weighted by molar-refractivity contribution is 0.146. The SMILES string of the molecule is COCCOc1ccc2c(Nc3cc(-c4ccco4)ccc3OC)ncnc2c1. The molecule has 4 rings (SSSR count). The minimum Gasteiger partial charge on any atom is -0.495 e. The second-order valence-corrected chi connectivity index (χ2v) is 6.26. The number of nitrogens with zero attached hydrogens (tertiary/aromatic N) is 2. The Kier molecular flexibility index (Phi) is 5.58. The molecular formula is C22H21N3O4. The highest BCUT2D eigenvalue weighted by molar-refractivity contribution is 5.92. The highest BCUT2D eigenvalue weighted by atomic mass is 16.5. The predicted octanol–water partition coefficient (Wildman–Crippen LogP) is 4.67. The van der Waals surface area contributed by atoms with Gasteiger partial charge in [-0.25, -0.2) is 9.97 Å². The van der Waals surface area contributed by atoms with Gasteiger partial charge in [0.15, 0.2) is 0 Å². The van der Waals surface area contributed by atoms with Crippen molar-refractivity contribution in [2.24, 2.45) is 0 Å². The molecule has 0 fully saturated rings. The number of aromatic nitrogens is 2. The van der Waals surface area contributed by atoms with Crippen molar-refractivity contribution in [3.63, 3.8) is 0 Å². The third-order valence-electron chi connectivity index (χ3n) is 4.42. The van der Waals surface area contributed by atoms with E-state index < -0.39 is 0 Å². The van der Waals surface area contributed by atoms with Gasteiger partial charge in [0.25, 0.3) is 0 Å². The van der Waals surface area contributed by atoms with Crippen LogP contribution in [0.5, 0.6) is 11.5 Å². The summed E-state index contributed by atoms with van der Waals surface area (Å²) in [6, 6.07) is 15.3. The summed E-state index contributed by atoms with van der Waals surface area (Å²) in [6.07, 6.45) is 3.17. The Morgan fingerprint density at radius 1 is 1.00 bits per heavy atom. The number of hydrogen-bond donors (Lipinski definition) is 1. The predicted molar refractivity (Wildman–Crippen MR) is 111 cm³/mol. The maximum atomic E-state index is 5.67. The zero-order chi connectivity index (χ0) is 20.1. The topological polar surface area (TPSA) is 78.6 Å². The van der Waals surface area contributed by atoms with Crippen LogP contribution >= 0.6 is 0 Å². The van der Waals surface area contributed by atoms with Crippen molar-refractivity contribution in [1.29, 1.82) is 0 Å². The Labute approximate surface area is 168 Å². The van der Waals surface area contributed by atoms with Gasteiger partial charge in [-0.15, -0.1) is 0 Å². The van der Waals surface area contributed by atoms with Gasteiger partial charge in [0.2, 0.25) is 0 Å². The standard InChI is InChI=1S/C22H21N3O4/c1-26-10-11-28-16-6-7-17-18(13-16)23-14-24-22(17)25-19-12-15(5-8-21(19)27-2)20-4-3-9-29-20/h3-9,12-14H,10-11H2,1-2H3,(H,23,24,25). The normalized spacial score (nSPS) is 10.8. The molecule has 0 aliphatic carbocycles. The number of furan rings is 1. The second-order valence-electron chi connectivity index (χ2n) is 6.26. The quantitative estimate of drug-likeness (QED) is 0.437. The first-order chi connectivity index (χ1) is 14.3. The van der Waals surface area contributed by atoms with Gasteiger partial charge in [0, 0.05) is 24.1 Å². The summed E-state index contributed by atoms with van der Waals surface area (Å²) in [5.74, 6) is 2.89. The lowest BCUT2D eigenvalue weighted by Gasteiger charge is -2.14. The van der Waals surface area contributed by atoms with Crippen molar-refractivity contribution >= 4 is 22.4 Å². The largest absolute Gasteiger partial charge is 0.495 e. The van der Waals surface area contributed by atoms with Crippen LogP contribution in [-0.4, -0.2) is 37.4 Å². The molecule has 0 saturated heterocycles. The van der Waals surface area contributed by atoms with E-state index in [1.165, 1.54) is 6.33 Å². The van der Waals surface area contributed by atoms with Gasteiger partial charge >= 0.3 is 0 Å². The number of anilines is 2. The first-order valence-electron chi connectivity index (χ1n) is 9.14. The number of benzene rings is 2. The fourth-order valence-electron chi connectivity index (χ4n) is 3.00. The highest BCUT2D eigenvalue weighted by Crippen LogP contribution is 2.34. The van der Waals surface area contributed by atoms with Crippen LogP contribution in [0.3, 0.4) is 0 Å². The number of hydrogen-bond acceptors (Lipinski definition) is 7. The molecule has 2 aromatic carbocycles. The van der Waals surface area contributed by atoms with Gasteiger partial charge in [-0.3, -0.25) is 0 Å². The second kappa shape index (κ2) is 8.62. The minimum atomic E-state index is 0.481. The molecule has 29 heavy (non-hydrogen) atoms. The molecule has 0 bridgehead atoms. The lowest BCUT2D eigenvalue weighted by atomic mass is 10.1. The summed E-state index contributed by atoms with van der Waals surface area (Å²) in [7, 11) is 3.28. The van der Waals surface area contributed by atoms with Crippen molar-refractivity contribution in [3.05, 3.63) is 61.1 Å². The van der Waals surface area contributed by atoms with Gasteiger partial charge in [-0.1, -0.05) is 0 Å². The third kappa shape index (κ3) is 4.14. The molecule has 0 aliphatic rings. The third-order valence-corrected chi connectivity index (χ3v) is 4.42. The maximum absolute atomic E-state index is 5.67. The summed E-state index contributed by atoms with van der Waals surface area (Å²) < 4.78 is 21.7. The summed E-state index contributed by atoms with van der Waals surface area (Å²) in [6.45, 7) is 1.01. The number of rotatable bonds is 8. The fourth-order valence-corrected chi connectivity index (χ4v) is 3.00. The van der Waals surface area contributed by atoms with E-state index in [9.17, 15) is 0 Å². The van der Waals surface area contributed by atoms with Crippen molar-refractivity contribution in [2.75, 3.05) is 32.8 Å². The van der Waals surface area contributed by atoms with Crippen LogP contribution in [0.1, 0.15) is 0 Å². The van der Waals surface area contributed by atoms with Gasteiger partial charge in [0.1, 0.15) is 36.0 Å². The van der Waals surface area contributed by atoms with E-state index in [0.29, 0.717) is 24.8 Å². The zero-order valence-electron chi connectivity index (χ0n) is 16.2. The van der Waals surface area contributed by atoms with Crippen molar-refractivity contribution in [2.45, 2.75) is 0 Å². The average molecular weight is 391 g/mol. The van der Waals surface area contributed by atoms with E-state index in [2.05, 4.69) is 15.3 Å². The van der Waals surface area contributed by atoms with Crippen LogP contribution < -0.4 is 14.8 Å². The van der Waals surface area contributed by atoms with Crippen LogP contribution in [0.2, 0.25) is 0 Å². The Morgan fingerprint density at radius 2 is 1.93 bits per heavy atom. The highest BCUT2D eigenvalue weighted by Gasteiger charge is 2.11. The van der Waals surface area contributed by atoms with Crippen molar-refractivity contribution < 1.29 is 18.6 Å². The molecule has 7 heteroatoms. The smallest absolute Gasteiger partial charge is 0.142 e. The average Bonchev–Trinajstić information content (AvgIpc) is 3.29. The molecule has 2 heterocycles. The fraction of sp³-hybridized carbons (Fsp3) is 0.182. The summed E-state index contributed by atoms with van der Waals surface area (Å²) >= 11 is 0. The number of methoxy groups -OCH3 is 2. The molecule has 0 aliphatic heterocycles. The van der Waals surface area contributed by atoms with Crippen LogP contribution in [-0.2, 0) is 4.74 Å². The molecule has 1 N–H and O–H groups in total. The van der Waals surface area contributed by atoms with Gasteiger partial charge in [-0.2, -0.15) is 0 Å². The summed E-state index contributed by atoms with van der Waals surface area (Å²) in [4.78, 5) is 8.78. The Bertz CT molecular complexity index is 1100. The summed E-state index contributed by atoms with van der Waals surface area (Å²) in [5, 5.41) is 4.23. The van der Waals surface area contributed by atoms with E-state index in [1.807, 2.05) is 48.5 Å². The van der Waals surface area contributed by atoms with Crippen molar-refractivity contribution in [1.82, 2.24) is 9.97 Å². The zero-order valence-corrected chi connectivity index (χ0v) is 16.2. The monoisotopic (exact) mass is 391 g/mol. The molecule has 0 radical (unpaired) electrons. The maximum Gasteiger partial charge on any atom is 0.142 e. The number of nitrogens with one attached hydrogen (secondary N) is 1. The van der Waals surface area contributed by atoms with E-state index in [-0.39, 0.29) is 0 Å². The molecule has 4 aromatic rings. The molecule has 7 nitrogen and oxygen atoms in total. The van der Waals surface area contributed by atoms with E-state index in [1.54, 1.807) is 20.5 Å². The molecule has 0 atom stereocenters. The molecule has 0 unspecified atom stereocenters. The van der Waals surface area contributed by atoms with Crippen molar-refractivity contribution in [3.8, 4) is 22.8 Å². The summed E-state index contributed by atoms with van der Waals surface area (Å²) in [5.41, 5.74) is 2.49. The molecule has 148 valence electrons. The van der Waals surface area contributed by atoms with E-state index in [0.717, 1.165) is 33.7 Å². The number of ether oxygens (including phenoxy) is 3. The van der Waals surface area contributed by atoms with Crippen LogP contribution in [0.15, 0.2) is 65.5 Å². The first-order valence-corrected chi connectivity index (χ1v) is 9.14. The molecule has 0 spiro atoms. The van der Waals surface area contributed by atoms with E-state index in [4.69, 9.17) is 18.6 Å².